The minimum Gasteiger partial charge on any atom is -0.392 e. The van der Waals surface area contributed by atoms with E-state index < -0.39 is 7.82 Å². The number of hydrogen-bond acceptors (Lipinski definition) is 2. The van der Waals surface area contributed by atoms with Gasteiger partial charge >= 0.3 is 7.82 Å². The highest BCUT2D eigenvalue weighted by Gasteiger charge is 2.26. The van der Waals surface area contributed by atoms with Crippen molar-refractivity contribution in [2.75, 3.05) is 6.61 Å². The standard InChI is InChI=1S/C20H30O.H3O4P/c1-16(8-6-9-17(2)13-15-21)11-12-19-18(3)10-7-14-20(19,4)5;1-5(2,3)4/h6,8-9,11-13,21H,7,10,14-15H2,1-5H3;(H3,1,2,3,4). The Morgan fingerprint density at radius 2 is 1.73 bits per heavy atom. The summed E-state index contributed by atoms with van der Waals surface area (Å²) in [6, 6.07) is 0. The minimum absolute atomic E-state index is 0.0985. The highest BCUT2D eigenvalue weighted by atomic mass is 31.2. The second-order valence-electron chi connectivity index (χ2n) is 7.18. The lowest BCUT2D eigenvalue weighted by molar-refractivity contribution is 0.275. The largest absolute Gasteiger partial charge is 0.466 e. The molecular weight excluding hydrogens is 351 g/mol. The van der Waals surface area contributed by atoms with Crippen LogP contribution in [0.15, 0.2) is 58.7 Å². The van der Waals surface area contributed by atoms with Crippen LogP contribution in [-0.2, 0) is 4.57 Å². The van der Waals surface area contributed by atoms with Gasteiger partial charge in [0.15, 0.2) is 0 Å². The van der Waals surface area contributed by atoms with Crippen molar-refractivity contribution in [3.63, 3.8) is 0 Å². The molecule has 1 rings (SSSR count). The van der Waals surface area contributed by atoms with Crippen LogP contribution in [0.25, 0.3) is 0 Å². The van der Waals surface area contributed by atoms with Crippen molar-refractivity contribution >= 4 is 7.82 Å². The van der Waals surface area contributed by atoms with Crippen LogP contribution < -0.4 is 0 Å². The van der Waals surface area contributed by atoms with E-state index in [1.165, 1.54) is 36.0 Å². The summed E-state index contributed by atoms with van der Waals surface area (Å²) in [4.78, 5) is 21.6. The van der Waals surface area contributed by atoms with E-state index in [1.807, 2.05) is 19.1 Å². The van der Waals surface area contributed by atoms with Gasteiger partial charge in [-0.05, 0) is 51.0 Å². The summed E-state index contributed by atoms with van der Waals surface area (Å²) in [6.07, 6.45) is 16.3. The summed E-state index contributed by atoms with van der Waals surface area (Å²) in [7, 11) is -4.64. The maximum atomic E-state index is 8.88. The fourth-order valence-electron chi connectivity index (χ4n) is 2.84. The normalized spacial score (nSPS) is 19.1. The molecule has 0 aromatic rings. The van der Waals surface area contributed by atoms with E-state index in [-0.39, 0.29) is 6.61 Å². The van der Waals surface area contributed by atoms with Crippen LogP contribution in [0, 0.1) is 5.41 Å². The van der Waals surface area contributed by atoms with Crippen LogP contribution in [0.1, 0.15) is 53.9 Å². The topological polar surface area (TPSA) is 98.0 Å². The van der Waals surface area contributed by atoms with Crippen LogP contribution in [0.4, 0.5) is 0 Å². The van der Waals surface area contributed by atoms with Crippen molar-refractivity contribution in [1.82, 2.24) is 0 Å². The number of aliphatic hydroxyl groups is 1. The second-order valence-corrected chi connectivity index (χ2v) is 8.21. The van der Waals surface area contributed by atoms with Gasteiger partial charge in [-0.1, -0.05) is 67.0 Å². The minimum atomic E-state index is -4.64. The summed E-state index contributed by atoms with van der Waals surface area (Å²) in [5.74, 6) is 0. The molecule has 1 aliphatic rings. The van der Waals surface area contributed by atoms with Gasteiger partial charge in [-0.2, -0.15) is 0 Å². The number of allylic oxidation sites excluding steroid dienone is 9. The van der Waals surface area contributed by atoms with Gasteiger partial charge in [0, 0.05) is 0 Å². The second kappa shape index (κ2) is 11.5. The fraction of sp³-hybridized carbons (Fsp3) is 0.500. The number of phosphoric acid groups is 1. The summed E-state index contributed by atoms with van der Waals surface area (Å²) in [5, 5.41) is 8.81. The number of aliphatic hydroxyl groups excluding tert-OH is 1. The molecule has 0 bridgehead atoms. The third-order valence-electron chi connectivity index (χ3n) is 4.19. The molecule has 4 N–H and O–H groups in total. The SMILES string of the molecule is CC(C=CC1=C(C)CCCC1(C)C)=CC=CC(C)=CCO.O=P(O)(O)O. The molecule has 0 radical (unpaired) electrons. The molecule has 0 aromatic carbocycles. The first-order valence-corrected chi connectivity index (χ1v) is 10.2. The molecule has 0 atom stereocenters. The van der Waals surface area contributed by atoms with Crippen molar-refractivity contribution in [3.05, 3.63) is 58.7 Å². The first kappa shape index (κ1) is 24.8. The molecule has 0 unspecified atom stereocenters. The average molecular weight is 384 g/mol. The quantitative estimate of drug-likeness (QED) is 0.411. The van der Waals surface area contributed by atoms with Gasteiger partial charge in [0.1, 0.15) is 0 Å². The molecule has 5 nitrogen and oxygen atoms in total. The van der Waals surface area contributed by atoms with Gasteiger partial charge < -0.3 is 19.8 Å². The van der Waals surface area contributed by atoms with Crippen molar-refractivity contribution in [2.45, 2.75) is 53.9 Å². The van der Waals surface area contributed by atoms with Crippen LogP contribution >= 0.6 is 7.82 Å². The van der Waals surface area contributed by atoms with E-state index >= 15 is 0 Å². The average Bonchev–Trinajstić information content (AvgIpc) is 2.44. The first-order chi connectivity index (χ1) is 11.9. The van der Waals surface area contributed by atoms with Gasteiger partial charge in [0.05, 0.1) is 6.61 Å². The molecule has 0 saturated carbocycles. The van der Waals surface area contributed by atoms with E-state index in [0.29, 0.717) is 5.41 Å². The van der Waals surface area contributed by atoms with Crippen LogP contribution in [-0.4, -0.2) is 26.4 Å². The first-order valence-electron chi connectivity index (χ1n) is 8.66. The summed E-state index contributed by atoms with van der Waals surface area (Å²) in [6.45, 7) is 11.2. The molecule has 0 fully saturated rings. The maximum Gasteiger partial charge on any atom is 0.466 e. The lowest BCUT2D eigenvalue weighted by atomic mass is 9.72. The van der Waals surface area contributed by atoms with Crippen molar-refractivity contribution in [2.24, 2.45) is 5.41 Å². The monoisotopic (exact) mass is 384 g/mol. The van der Waals surface area contributed by atoms with E-state index in [1.54, 1.807) is 6.08 Å². The molecule has 148 valence electrons. The molecule has 26 heavy (non-hydrogen) atoms. The summed E-state index contributed by atoms with van der Waals surface area (Å²) >= 11 is 0. The Hall–Kier alpha value is -1.23. The van der Waals surface area contributed by atoms with E-state index in [2.05, 4.69) is 45.9 Å². The van der Waals surface area contributed by atoms with Crippen molar-refractivity contribution in [3.8, 4) is 0 Å². The third kappa shape index (κ3) is 12.2. The fourth-order valence-corrected chi connectivity index (χ4v) is 2.84. The maximum absolute atomic E-state index is 8.88. The molecule has 1 aliphatic carbocycles. The summed E-state index contributed by atoms with van der Waals surface area (Å²) < 4.78 is 8.88. The van der Waals surface area contributed by atoms with Crippen molar-refractivity contribution < 1.29 is 24.4 Å². The zero-order chi connectivity index (χ0) is 20.4. The molecule has 0 amide bonds. The predicted molar refractivity (Wildman–Crippen MR) is 107 cm³/mol. The highest BCUT2D eigenvalue weighted by molar-refractivity contribution is 7.45. The van der Waals surface area contributed by atoms with E-state index in [4.69, 9.17) is 24.4 Å². The molecule has 0 spiro atoms. The zero-order valence-corrected chi connectivity index (χ0v) is 17.3. The lowest BCUT2D eigenvalue weighted by Crippen LogP contribution is -2.19. The molecule has 0 saturated heterocycles. The van der Waals surface area contributed by atoms with Crippen molar-refractivity contribution in [1.29, 1.82) is 0 Å². The highest BCUT2D eigenvalue weighted by Crippen LogP contribution is 2.40. The Morgan fingerprint density at radius 3 is 2.23 bits per heavy atom. The van der Waals surface area contributed by atoms with Gasteiger partial charge in [-0.25, -0.2) is 4.57 Å². The van der Waals surface area contributed by atoms with Crippen LogP contribution in [0.3, 0.4) is 0 Å². The van der Waals surface area contributed by atoms with Crippen LogP contribution in [0.2, 0.25) is 0 Å². The Balaban J connectivity index is 0.00000110. The van der Waals surface area contributed by atoms with E-state index in [0.717, 1.165) is 5.57 Å². The molecule has 0 aliphatic heterocycles. The molecule has 6 heteroatoms. The van der Waals surface area contributed by atoms with Gasteiger partial charge in [0.2, 0.25) is 0 Å². The molecule has 0 aromatic heterocycles. The van der Waals surface area contributed by atoms with Gasteiger partial charge in [0.25, 0.3) is 0 Å². The van der Waals surface area contributed by atoms with Gasteiger partial charge in [-0.3, -0.25) is 0 Å². The third-order valence-corrected chi connectivity index (χ3v) is 4.19. The Labute approximate surface area is 157 Å². The Morgan fingerprint density at radius 1 is 1.15 bits per heavy atom. The Bertz CT molecular complexity index is 637. The molecule has 0 heterocycles. The Kier molecular flexibility index (Phi) is 10.9. The predicted octanol–water partition coefficient (Wildman–Crippen LogP) is 4.58. The zero-order valence-electron chi connectivity index (χ0n) is 16.4. The lowest BCUT2D eigenvalue weighted by Gasteiger charge is -2.32. The smallest absolute Gasteiger partial charge is 0.392 e. The van der Waals surface area contributed by atoms with E-state index in [9.17, 15) is 0 Å². The molecular formula is C20H33O5P. The number of rotatable bonds is 5. The number of hydrogen-bond donors (Lipinski definition) is 4. The van der Waals surface area contributed by atoms with Crippen LogP contribution in [0.5, 0.6) is 0 Å². The van der Waals surface area contributed by atoms with Gasteiger partial charge in [-0.15, -0.1) is 0 Å². The summed E-state index contributed by atoms with van der Waals surface area (Å²) in [5.41, 5.74) is 5.66.